The molecule has 0 aliphatic heterocycles. The molecule has 17 heavy (non-hydrogen) atoms. The maximum Gasteiger partial charge on any atom is 0.222 e. The first-order valence-corrected chi connectivity index (χ1v) is 6.33. The van der Waals surface area contributed by atoms with Crippen LogP contribution in [-0.4, -0.2) is 16.1 Å². The summed E-state index contributed by atoms with van der Waals surface area (Å²) in [6.07, 6.45) is 5.00. The zero-order chi connectivity index (χ0) is 12.4. The van der Waals surface area contributed by atoms with E-state index in [0.717, 1.165) is 24.3 Å². The van der Waals surface area contributed by atoms with E-state index in [-0.39, 0.29) is 0 Å². The number of nitrogens with two attached hydrogens (primary N) is 1. The fraction of sp³-hybridized carbons (Fsp3) is 0.692. The molecule has 1 saturated carbocycles. The van der Waals surface area contributed by atoms with Crippen molar-refractivity contribution in [3.63, 3.8) is 0 Å². The zero-order valence-corrected chi connectivity index (χ0v) is 10.9. The fourth-order valence-corrected chi connectivity index (χ4v) is 2.24. The molecule has 1 fully saturated rings. The fourth-order valence-electron chi connectivity index (χ4n) is 2.24. The second-order valence-corrected chi connectivity index (χ2v) is 5.09. The van der Waals surface area contributed by atoms with Gasteiger partial charge < -0.3 is 10.5 Å². The molecule has 94 valence electrons. The third-order valence-electron chi connectivity index (χ3n) is 3.49. The van der Waals surface area contributed by atoms with E-state index in [1.807, 2.05) is 13.8 Å². The van der Waals surface area contributed by atoms with E-state index >= 15 is 0 Å². The van der Waals surface area contributed by atoms with Crippen LogP contribution in [0.15, 0.2) is 0 Å². The zero-order valence-electron chi connectivity index (χ0n) is 10.9. The van der Waals surface area contributed by atoms with Crippen molar-refractivity contribution >= 4 is 5.82 Å². The van der Waals surface area contributed by atoms with Crippen LogP contribution in [0.4, 0.5) is 5.82 Å². The highest BCUT2D eigenvalue weighted by atomic mass is 16.5. The van der Waals surface area contributed by atoms with Gasteiger partial charge in [0.1, 0.15) is 17.7 Å². The van der Waals surface area contributed by atoms with Crippen LogP contribution in [0.5, 0.6) is 5.88 Å². The summed E-state index contributed by atoms with van der Waals surface area (Å²) < 4.78 is 5.96. The summed E-state index contributed by atoms with van der Waals surface area (Å²) >= 11 is 0. The molecule has 0 spiro atoms. The van der Waals surface area contributed by atoms with Crippen LogP contribution in [0.25, 0.3) is 0 Å². The van der Waals surface area contributed by atoms with E-state index in [9.17, 15) is 0 Å². The number of anilines is 1. The molecule has 4 heteroatoms. The van der Waals surface area contributed by atoms with Gasteiger partial charge >= 0.3 is 0 Å². The molecule has 0 bridgehead atoms. The smallest absolute Gasteiger partial charge is 0.222 e. The molecule has 0 aromatic carbocycles. The van der Waals surface area contributed by atoms with Crippen LogP contribution in [-0.2, 0) is 0 Å². The number of ether oxygens (including phenoxy) is 1. The first kappa shape index (κ1) is 12.1. The van der Waals surface area contributed by atoms with Gasteiger partial charge in [0.25, 0.3) is 0 Å². The van der Waals surface area contributed by atoms with E-state index in [0.29, 0.717) is 23.6 Å². The predicted molar refractivity (Wildman–Crippen MR) is 68.0 cm³/mol. The molecule has 1 aromatic rings. The lowest BCUT2D eigenvalue weighted by molar-refractivity contribution is 0.129. The lowest BCUT2D eigenvalue weighted by atomic mass is 9.89. The van der Waals surface area contributed by atoms with E-state index in [4.69, 9.17) is 10.5 Å². The SMILES string of the molecule is Cc1nc(N)c(C)c(OC2CCC(C)CC2)n1. The molecule has 2 N–H and O–H groups in total. The number of hydrogen-bond acceptors (Lipinski definition) is 4. The average Bonchev–Trinajstić information content (AvgIpc) is 2.28. The Hall–Kier alpha value is -1.32. The minimum absolute atomic E-state index is 0.290. The van der Waals surface area contributed by atoms with Crippen molar-refractivity contribution in [3.05, 3.63) is 11.4 Å². The van der Waals surface area contributed by atoms with Gasteiger partial charge in [-0.2, -0.15) is 4.98 Å². The van der Waals surface area contributed by atoms with Crippen molar-refractivity contribution in [1.82, 2.24) is 9.97 Å². The van der Waals surface area contributed by atoms with Gasteiger partial charge in [-0.1, -0.05) is 6.92 Å². The lowest BCUT2D eigenvalue weighted by Crippen LogP contribution is -2.24. The monoisotopic (exact) mass is 235 g/mol. The average molecular weight is 235 g/mol. The molecule has 1 heterocycles. The predicted octanol–water partition coefficient (Wildman–Crippen LogP) is 2.63. The Morgan fingerprint density at radius 3 is 2.41 bits per heavy atom. The molecule has 0 atom stereocenters. The van der Waals surface area contributed by atoms with Gasteiger partial charge in [0.2, 0.25) is 5.88 Å². The van der Waals surface area contributed by atoms with Crippen molar-refractivity contribution in [2.45, 2.75) is 52.6 Å². The highest BCUT2D eigenvalue weighted by molar-refractivity contribution is 5.44. The standard InChI is InChI=1S/C13H21N3O/c1-8-4-6-11(7-5-8)17-13-9(2)12(14)15-10(3)16-13/h8,11H,4-7H2,1-3H3,(H2,14,15,16). The number of aromatic nitrogens is 2. The molecule has 0 amide bonds. The van der Waals surface area contributed by atoms with Gasteiger partial charge in [0.05, 0.1) is 5.56 Å². The second-order valence-electron chi connectivity index (χ2n) is 5.09. The molecule has 0 saturated heterocycles. The third kappa shape index (κ3) is 2.87. The van der Waals surface area contributed by atoms with E-state index in [1.54, 1.807) is 0 Å². The maximum absolute atomic E-state index is 5.96. The van der Waals surface area contributed by atoms with E-state index in [1.165, 1.54) is 12.8 Å². The molecule has 0 radical (unpaired) electrons. The van der Waals surface area contributed by atoms with Crippen molar-refractivity contribution in [1.29, 1.82) is 0 Å². The summed E-state index contributed by atoms with van der Waals surface area (Å²) in [7, 11) is 0. The summed E-state index contributed by atoms with van der Waals surface area (Å²) in [6, 6.07) is 0. The summed E-state index contributed by atoms with van der Waals surface area (Å²) in [5.74, 6) is 2.69. The molecule has 2 rings (SSSR count). The van der Waals surface area contributed by atoms with Gasteiger partial charge in [0, 0.05) is 0 Å². The summed E-state index contributed by atoms with van der Waals surface area (Å²) in [4.78, 5) is 8.46. The van der Waals surface area contributed by atoms with Crippen molar-refractivity contribution < 1.29 is 4.74 Å². The lowest BCUT2D eigenvalue weighted by Gasteiger charge is -2.27. The van der Waals surface area contributed by atoms with Gasteiger partial charge in [-0.3, -0.25) is 0 Å². The van der Waals surface area contributed by atoms with Crippen LogP contribution in [0.3, 0.4) is 0 Å². The number of nitrogen functional groups attached to an aromatic ring is 1. The van der Waals surface area contributed by atoms with Crippen LogP contribution in [0.2, 0.25) is 0 Å². The van der Waals surface area contributed by atoms with Gasteiger partial charge in [-0.25, -0.2) is 4.98 Å². The van der Waals surface area contributed by atoms with Crippen LogP contribution >= 0.6 is 0 Å². The molecular weight excluding hydrogens is 214 g/mol. The number of hydrogen-bond donors (Lipinski definition) is 1. The summed E-state index contributed by atoms with van der Waals surface area (Å²) in [6.45, 7) is 6.05. The van der Waals surface area contributed by atoms with Crippen LogP contribution in [0.1, 0.15) is 44.0 Å². The topological polar surface area (TPSA) is 61.0 Å². The first-order chi connectivity index (χ1) is 8.06. The van der Waals surface area contributed by atoms with E-state index in [2.05, 4.69) is 16.9 Å². The Bertz CT molecular complexity index is 398. The Morgan fingerprint density at radius 2 is 1.76 bits per heavy atom. The highest BCUT2D eigenvalue weighted by Crippen LogP contribution is 2.28. The molecule has 1 aromatic heterocycles. The normalized spacial score (nSPS) is 24.6. The van der Waals surface area contributed by atoms with Gasteiger partial charge in [-0.05, 0) is 45.4 Å². The molecular formula is C13H21N3O. The number of aryl methyl sites for hydroxylation is 1. The highest BCUT2D eigenvalue weighted by Gasteiger charge is 2.21. The van der Waals surface area contributed by atoms with Gasteiger partial charge in [-0.15, -0.1) is 0 Å². The Balaban J connectivity index is 2.08. The van der Waals surface area contributed by atoms with Crippen molar-refractivity contribution in [2.24, 2.45) is 5.92 Å². The Morgan fingerprint density at radius 1 is 1.12 bits per heavy atom. The third-order valence-corrected chi connectivity index (χ3v) is 3.49. The molecule has 0 unspecified atom stereocenters. The Kier molecular flexibility index (Phi) is 3.50. The minimum atomic E-state index is 0.290. The maximum atomic E-state index is 5.96. The largest absolute Gasteiger partial charge is 0.474 e. The number of rotatable bonds is 2. The Labute approximate surface area is 103 Å². The molecule has 1 aliphatic rings. The molecule has 1 aliphatic carbocycles. The van der Waals surface area contributed by atoms with Crippen LogP contribution < -0.4 is 10.5 Å². The van der Waals surface area contributed by atoms with E-state index < -0.39 is 0 Å². The number of nitrogens with zero attached hydrogens (tertiary/aromatic N) is 2. The second kappa shape index (κ2) is 4.90. The van der Waals surface area contributed by atoms with Crippen LogP contribution in [0, 0.1) is 19.8 Å². The van der Waals surface area contributed by atoms with Crippen molar-refractivity contribution in [2.75, 3.05) is 5.73 Å². The van der Waals surface area contributed by atoms with Crippen molar-refractivity contribution in [3.8, 4) is 5.88 Å². The minimum Gasteiger partial charge on any atom is -0.474 e. The summed E-state index contributed by atoms with van der Waals surface area (Å²) in [5.41, 5.74) is 6.67. The quantitative estimate of drug-likeness (QED) is 0.856. The summed E-state index contributed by atoms with van der Waals surface area (Å²) in [5, 5.41) is 0. The molecule has 4 nitrogen and oxygen atoms in total. The van der Waals surface area contributed by atoms with Gasteiger partial charge in [0.15, 0.2) is 0 Å². The first-order valence-electron chi connectivity index (χ1n) is 6.33.